The fourth-order valence-electron chi connectivity index (χ4n) is 3.97. The predicted molar refractivity (Wildman–Crippen MR) is 132 cm³/mol. The molecular formula is C24H32F3N5O3S. The summed E-state index contributed by atoms with van der Waals surface area (Å²) in [5.74, 6) is -0.767. The van der Waals surface area contributed by atoms with Crippen molar-refractivity contribution in [2.24, 2.45) is 0 Å². The van der Waals surface area contributed by atoms with Crippen LogP contribution in [0.15, 0.2) is 12.3 Å². The van der Waals surface area contributed by atoms with Crippen LogP contribution in [-0.2, 0) is 0 Å². The summed E-state index contributed by atoms with van der Waals surface area (Å²) in [6.07, 6.45) is -2.23. The first-order chi connectivity index (χ1) is 16.8. The zero-order valence-corrected chi connectivity index (χ0v) is 21.8. The highest BCUT2D eigenvalue weighted by atomic mass is 32.1. The number of carbonyl (C=O) groups is 2. The van der Waals surface area contributed by atoms with Crippen LogP contribution in [0.25, 0.3) is 10.4 Å². The smallest absolute Gasteiger partial charge is 0.391 e. The zero-order valence-electron chi connectivity index (χ0n) is 20.9. The van der Waals surface area contributed by atoms with Crippen LogP contribution in [0.1, 0.15) is 72.8 Å². The van der Waals surface area contributed by atoms with E-state index < -0.39 is 30.3 Å². The van der Waals surface area contributed by atoms with E-state index in [2.05, 4.69) is 20.6 Å². The summed E-state index contributed by atoms with van der Waals surface area (Å²) in [4.78, 5) is 36.9. The van der Waals surface area contributed by atoms with E-state index in [0.717, 1.165) is 24.2 Å². The van der Waals surface area contributed by atoms with Crippen LogP contribution in [0.4, 0.5) is 19.0 Å². The van der Waals surface area contributed by atoms with E-state index in [1.807, 2.05) is 6.92 Å². The second-order valence-electron chi connectivity index (χ2n) is 9.22. The Bertz CT molecular complexity index is 1110. The first kappa shape index (κ1) is 27.9. The van der Waals surface area contributed by atoms with Gasteiger partial charge in [-0.15, -0.1) is 11.3 Å². The zero-order chi connectivity index (χ0) is 26.8. The van der Waals surface area contributed by atoms with Crippen molar-refractivity contribution in [1.29, 1.82) is 0 Å². The lowest BCUT2D eigenvalue weighted by atomic mass is 10.1. The minimum atomic E-state index is -4.42. The predicted octanol–water partition coefficient (Wildman–Crippen LogP) is 4.39. The molecule has 8 nitrogen and oxygen atoms in total. The molecule has 0 saturated carbocycles. The van der Waals surface area contributed by atoms with Gasteiger partial charge in [0.05, 0.1) is 17.0 Å². The average Bonchev–Trinajstić information content (AvgIpc) is 3.43. The van der Waals surface area contributed by atoms with E-state index in [9.17, 15) is 27.9 Å². The number of alkyl halides is 3. The first-order valence-corrected chi connectivity index (χ1v) is 12.8. The Balaban J connectivity index is 2.00. The number of likely N-dealkylation sites (tertiary alicyclic amines) is 1. The minimum Gasteiger partial charge on any atom is -0.391 e. The number of aryl methyl sites for hydroxylation is 1. The van der Waals surface area contributed by atoms with Crippen LogP contribution in [0.2, 0.25) is 0 Å². The minimum absolute atomic E-state index is 0.0266. The fourth-order valence-corrected chi connectivity index (χ4v) is 5.01. The number of anilines is 1. The second-order valence-corrected chi connectivity index (χ2v) is 10.2. The van der Waals surface area contributed by atoms with E-state index in [0.29, 0.717) is 22.5 Å². The number of pyridine rings is 1. The number of aliphatic hydroxyl groups excluding tert-OH is 1. The molecule has 1 saturated heterocycles. The number of nitrogens with zero attached hydrogens (tertiary/aromatic N) is 3. The fraction of sp³-hybridized carbons (Fsp3) is 0.583. The average molecular weight is 528 g/mol. The Hall–Kier alpha value is -2.73. The number of rotatable bonds is 8. The molecule has 198 valence electrons. The Morgan fingerprint density at radius 2 is 2.03 bits per heavy atom. The monoisotopic (exact) mass is 527 g/mol. The van der Waals surface area contributed by atoms with Crippen LogP contribution in [0, 0.1) is 6.92 Å². The third kappa shape index (κ3) is 6.15. The third-order valence-electron chi connectivity index (χ3n) is 6.40. The summed E-state index contributed by atoms with van der Waals surface area (Å²) in [5, 5.41) is 14.9. The molecule has 3 rings (SSSR count). The van der Waals surface area contributed by atoms with Crippen LogP contribution < -0.4 is 10.6 Å². The van der Waals surface area contributed by atoms with Gasteiger partial charge >= 0.3 is 6.18 Å². The lowest BCUT2D eigenvalue weighted by molar-refractivity contribution is -0.142. The van der Waals surface area contributed by atoms with Crippen molar-refractivity contribution in [3.8, 4) is 10.4 Å². The summed E-state index contributed by atoms with van der Waals surface area (Å²) in [7, 11) is 0. The lowest BCUT2D eigenvalue weighted by Gasteiger charge is -2.22. The molecule has 3 heterocycles. The van der Waals surface area contributed by atoms with E-state index in [-0.39, 0.29) is 34.9 Å². The molecule has 3 N–H and O–H groups in total. The molecule has 1 aliphatic heterocycles. The quantitative estimate of drug-likeness (QED) is 0.470. The van der Waals surface area contributed by atoms with Crippen LogP contribution in [0.5, 0.6) is 0 Å². The topological polar surface area (TPSA) is 107 Å². The van der Waals surface area contributed by atoms with Gasteiger partial charge in [-0.3, -0.25) is 9.59 Å². The number of halogens is 3. The van der Waals surface area contributed by atoms with Crippen molar-refractivity contribution in [2.75, 3.05) is 11.9 Å². The van der Waals surface area contributed by atoms with Crippen molar-refractivity contribution in [1.82, 2.24) is 20.2 Å². The second kappa shape index (κ2) is 11.1. The lowest BCUT2D eigenvalue weighted by Crippen LogP contribution is -2.39. The molecule has 2 amide bonds. The van der Waals surface area contributed by atoms with E-state index in [1.165, 1.54) is 19.2 Å². The number of hydrogen-bond acceptors (Lipinski definition) is 7. The molecule has 36 heavy (non-hydrogen) atoms. The van der Waals surface area contributed by atoms with Crippen LogP contribution in [0.3, 0.4) is 0 Å². The molecule has 1 fully saturated rings. The number of nitrogens with one attached hydrogen (secondary N) is 2. The summed E-state index contributed by atoms with van der Waals surface area (Å²) >= 11 is 1.01. The molecule has 2 aromatic rings. The Labute approximate surface area is 212 Å². The standard InChI is InChI=1S/C24H32F3N5O3S/c1-6-17(24(25,26)27)30-18-10-12(2)16(11-28-18)20-19(23(35)32-9-7-8-13(32)3)31-22(36-20)21(34)29-14(4)15(5)33/h10-11,13-15,17,33H,6-9H2,1-5H3,(H,28,30)(H,29,34)/t13-,14-,15+,17-/m0/s1. The molecule has 0 aromatic carbocycles. The Kier molecular flexibility index (Phi) is 8.60. The maximum absolute atomic E-state index is 13.4. The molecule has 0 spiro atoms. The highest BCUT2D eigenvalue weighted by Crippen LogP contribution is 2.35. The molecule has 4 atom stereocenters. The van der Waals surface area contributed by atoms with Gasteiger partial charge in [0.2, 0.25) is 0 Å². The van der Waals surface area contributed by atoms with Gasteiger partial charge in [-0.2, -0.15) is 13.2 Å². The van der Waals surface area contributed by atoms with Gasteiger partial charge < -0.3 is 20.6 Å². The number of hydrogen-bond donors (Lipinski definition) is 3. The molecule has 1 aliphatic rings. The van der Waals surface area contributed by atoms with E-state index >= 15 is 0 Å². The number of carbonyl (C=O) groups excluding carboxylic acids is 2. The van der Waals surface area contributed by atoms with Gasteiger partial charge in [-0.1, -0.05) is 6.92 Å². The Morgan fingerprint density at radius 1 is 1.33 bits per heavy atom. The van der Waals surface area contributed by atoms with Crippen molar-refractivity contribution < 1.29 is 27.9 Å². The van der Waals surface area contributed by atoms with Crippen molar-refractivity contribution in [3.05, 3.63) is 28.5 Å². The molecular weight excluding hydrogens is 495 g/mol. The maximum Gasteiger partial charge on any atom is 0.408 e. The molecule has 0 aliphatic carbocycles. The number of aliphatic hydroxyl groups is 1. The Morgan fingerprint density at radius 3 is 2.56 bits per heavy atom. The van der Waals surface area contributed by atoms with Crippen molar-refractivity contribution >= 4 is 29.0 Å². The molecule has 0 radical (unpaired) electrons. The van der Waals surface area contributed by atoms with Gasteiger partial charge in [0, 0.05) is 24.3 Å². The third-order valence-corrected chi connectivity index (χ3v) is 7.49. The SMILES string of the molecule is CC[C@H](Nc1cc(C)c(-c2sc(C(=O)N[C@@H](C)[C@@H](C)O)nc2C(=O)N2CCC[C@@H]2C)cn1)C(F)(F)F. The number of amides is 2. The summed E-state index contributed by atoms with van der Waals surface area (Å²) in [6.45, 7) is 8.87. The maximum atomic E-state index is 13.4. The largest absolute Gasteiger partial charge is 0.408 e. The normalized spacial score (nSPS) is 18.6. The van der Waals surface area contributed by atoms with E-state index in [1.54, 1.807) is 25.7 Å². The van der Waals surface area contributed by atoms with Gasteiger partial charge in [-0.25, -0.2) is 9.97 Å². The van der Waals surface area contributed by atoms with Gasteiger partial charge in [0.15, 0.2) is 5.01 Å². The van der Waals surface area contributed by atoms with Crippen molar-refractivity contribution in [3.63, 3.8) is 0 Å². The molecule has 0 unspecified atom stereocenters. The summed E-state index contributed by atoms with van der Waals surface area (Å²) in [6, 6.07) is -0.750. The summed E-state index contributed by atoms with van der Waals surface area (Å²) < 4.78 is 39.6. The van der Waals surface area contributed by atoms with E-state index in [4.69, 9.17) is 0 Å². The van der Waals surface area contributed by atoms with Gasteiger partial charge in [-0.05, 0) is 58.6 Å². The molecule has 2 aromatic heterocycles. The van der Waals surface area contributed by atoms with Crippen molar-refractivity contribution in [2.45, 2.75) is 84.3 Å². The van der Waals surface area contributed by atoms with Gasteiger partial charge in [0.25, 0.3) is 11.8 Å². The first-order valence-electron chi connectivity index (χ1n) is 11.9. The van der Waals surface area contributed by atoms with Crippen LogP contribution >= 0.6 is 11.3 Å². The van der Waals surface area contributed by atoms with Crippen LogP contribution in [-0.4, -0.2) is 68.7 Å². The summed E-state index contributed by atoms with van der Waals surface area (Å²) in [5.41, 5.74) is 1.20. The highest BCUT2D eigenvalue weighted by Gasteiger charge is 2.38. The number of thiazole rings is 1. The van der Waals surface area contributed by atoms with Gasteiger partial charge in [0.1, 0.15) is 17.6 Å². The molecule has 0 bridgehead atoms. The highest BCUT2D eigenvalue weighted by molar-refractivity contribution is 7.17. The molecule has 12 heteroatoms. The number of aromatic nitrogens is 2.